The Balaban J connectivity index is 2.43. The van der Waals surface area contributed by atoms with Gasteiger partial charge >= 0.3 is 0 Å². The summed E-state index contributed by atoms with van der Waals surface area (Å²) in [6.07, 6.45) is 33.7. The molecule has 1 aliphatic rings. The lowest BCUT2D eigenvalue weighted by molar-refractivity contribution is -0.303. The van der Waals surface area contributed by atoms with Crippen molar-refractivity contribution >= 4 is 5.91 Å². The molecule has 9 unspecified atom stereocenters. The predicted molar refractivity (Wildman–Crippen MR) is 247 cm³/mol. The molecule has 0 bridgehead atoms. The van der Waals surface area contributed by atoms with Crippen LogP contribution in [0.5, 0.6) is 0 Å². The number of allylic oxidation sites excluding steroid dienone is 4. The molecule has 11 nitrogen and oxygen atoms in total. The monoisotopic (exact) mass is 870 g/mol. The van der Waals surface area contributed by atoms with Crippen LogP contribution < -0.4 is 5.32 Å². The number of amides is 1. The number of aliphatic hydroxyl groups is 7. The van der Waals surface area contributed by atoms with Crippen molar-refractivity contribution in [1.29, 1.82) is 0 Å². The number of carbonyl (C=O) groups is 1. The third-order valence-corrected chi connectivity index (χ3v) is 12.2. The summed E-state index contributed by atoms with van der Waals surface area (Å²) >= 11 is 0. The fourth-order valence-corrected chi connectivity index (χ4v) is 8.05. The zero-order valence-electron chi connectivity index (χ0n) is 38.9. The second-order valence-corrected chi connectivity index (χ2v) is 17.9. The van der Waals surface area contributed by atoms with Crippen molar-refractivity contribution in [1.82, 2.24) is 5.32 Å². The molecule has 1 fully saturated rings. The van der Waals surface area contributed by atoms with Crippen molar-refractivity contribution in [3.63, 3.8) is 0 Å². The Hall–Kier alpha value is -1.41. The molecule has 0 spiro atoms. The van der Waals surface area contributed by atoms with Crippen molar-refractivity contribution in [2.24, 2.45) is 0 Å². The van der Waals surface area contributed by atoms with Crippen LogP contribution in [-0.4, -0.2) is 110 Å². The average Bonchev–Trinajstić information content (AvgIpc) is 3.26. The number of rotatable bonds is 42. The summed E-state index contributed by atoms with van der Waals surface area (Å²) in [5.41, 5.74) is 0. The molecule has 11 heteroatoms. The van der Waals surface area contributed by atoms with Crippen LogP contribution in [0.15, 0.2) is 24.3 Å². The maximum atomic E-state index is 13.1. The van der Waals surface area contributed by atoms with Crippen LogP contribution in [-0.2, 0) is 14.3 Å². The van der Waals surface area contributed by atoms with Gasteiger partial charge in [0, 0.05) is 0 Å². The summed E-state index contributed by atoms with van der Waals surface area (Å²) in [4.78, 5) is 13.1. The van der Waals surface area contributed by atoms with Crippen LogP contribution in [0.4, 0.5) is 0 Å². The van der Waals surface area contributed by atoms with E-state index in [1.807, 2.05) is 0 Å². The number of aliphatic hydroxyl groups excluding tert-OH is 7. The van der Waals surface area contributed by atoms with Gasteiger partial charge in [0.25, 0.3) is 0 Å². The second kappa shape index (κ2) is 40.1. The molecule has 0 saturated carbocycles. The van der Waals surface area contributed by atoms with Gasteiger partial charge in [-0.2, -0.15) is 0 Å². The smallest absolute Gasteiger partial charge is 0.249 e. The molecule has 360 valence electrons. The lowest BCUT2D eigenvalue weighted by atomic mass is 9.98. The van der Waals surface area contributed by atoms with Gasteiger partial charge in [-0.15, -0.1) is 0 Å². The molecule has 0 aliphatic carbocycles. The number of hydrogen-bond donors (Lipinski definition) is 8. The van der Waals surface area contributed by atoms with E-state index in [9.17, 15) is 40.5 Å². The van der Waals surface area contributed by atoms with Crippen LogP contribution in [0, 0.1) is 0 Å². The molecule has 1 saturated heterocycles. The Kier molecular flexibility index (Phi) is 37.9. The Morgan fingerprint density at radius 1 is 0.557 bits per heavy atom. The van der Waals surface area contributed by atoms with Crippen LogP contribution in [0.25, 0.3) is 0 Å². The van der Waals surface area contributed by atoms with Crippen LogP contribution in [0.3, 0.4) is 0 Å². The number of unbranched alkanes of at least 4 members (excludes halogenated alkanes) is 26. The van der Waals surface area contributed by atoms with Crippen LogP contribution in [0.2, 0.25) is 0 Å². The van der Waals surface area contributed by atoms with E-state index in [4.69, 9.17) is 9.47 Å². The number of carbonyl (C=O) groups excluding carboxylic acids is 1. The second-order valence-electron chi connectivity index (χ2n) is 17.9. The average molecular weight is 870 g/mol. The van der Waals surface area contributed by atoms with Gasteiger partial charge in [-0.3, -0.25) is 4.79 Å². The molecule has 0 radical (unpaired) electrons. The van der Waals surface area contributed by atoms with Crippen LogP contribution in [0.1, 0.15) is 219 Å². The summed E-state index contributed by atoms with van der Waals surface area (Å²) in [6.45, 7) is 3.43. The van der Waals surface area contributed by atoms with Gasteiger partial charge in [0.2, 0.25) is 5.91 Å². The standard InChI is InChI=1S/C50H95NO10/c1-3-5-7-9-11-13-15-17-19-20-21-22-23-24-26-27-29-31-33-35-37-42(53)45(55)41(40-60-50-48(58)47(57)46(56)44(39-52)61-50)51-49(59)43(54)38-36-34-32-30-28-25-18-16-14-12-10-8-6-4-2/h23-24,29,31,41-48,50,52-58H,3-22,25-28,30,32-40H2,1-2H3,(H,51,59)/b24-23+,31-29+. The molecule has 0 aromatic rings. The van der Waals surface area contributed by atoms with Gasteiger partial charge in [-0.1, -0.05) is 192 Å². The topological polar surface area (TPSA) is 189 Å². The Morgan fingerprint density at radius 2 is 0.984 bits per heavy atom. The fourth-order valence-electron chi connectivity index (χ4n) is 8.05. The molecule has 8 N–H and O–H groups in total. The summed E-state index contributed by atoms with van der Waals surface area (Å²) in [7, 11) is 0. The van der Waals surface area contributed by atoms with Crippen molar-refractivity contribution in [2.45, 2.75) is 274 Å². The molecule has 0 aromatic carbocycles. The first-order valence-corrected chi connectivity index (χ1v) is 25.2. The highest BCUT2D eigenvalue weighted by atomic mass is 16.7. The molecular formula is C50H95NO10. The first-order chi connectivity index (χ1) is 29.7. The molecule has 1 rings (SSSR count). The maximum absolute atomic E-state index is 13.1. The first-order valence-electron chi connectivity index (χ1n) is 25.2. The van der Waals surface area contributed by atoms with Gasteiger partial charge in [-0.25, -0.2) is 0 Å². The normalized spacial score (nSPS) is 21.6. The summed E-state index contributed by atoms with van der Waals surface area (Å²) in [5.74, 6) is -0.709. The Bertz CT molecular complexity index is 1040. The van der Waals surface area contributed by atoms with E-state index in [0.717, 1.165) is 38.5 Å². The zero-order valence-corrected chi connectivity index (χ0v) is 38.9. The molecule has 1 amide bonds. The highest BCUT2D eigenvalue weighted by Gasteiger charge is 2.44. The third-order valence-electron chi connectivity index (χ3n) is 12.2. The van der Waals surface area contributed by atoms with Crippen molar-refractivity contribution in [3.8, 4) is 0 Å². The minimum atomic E-state index is -1.67. The molecular weight excluding hydrogens is 775 g/mol. The van der Waals surface area contributed by atoms with Crippen LogP contribution >= 0.6 is 0 Å². The summed E-state index contributed by atoms with van der Waals surface area (Å²) in [6, 6.07) is -1.19. The molecule has 1 heterocycles. The maximum Gasteiger partial charge on any atom is 0.249 e. The van der Waals surface area contributed by atoms with Crippen molar-refractivity contribution < 1.29 is 50.0 Å². The SMILES string of the molecule is CCCCCCCCCCCCC/C=C/CC/C=C/CCCC(O)C(O)C(COC1OC(CO)C(O)C(O)C1O)NC(=O)C(O)CCCCCCCCCCCCCCCC. The molecule has 0 aromatic heterocycles. The van der Waals surface area contributed by atoms with Gasteiger partial charge in [-0.05, 0) is 51.4 Å². The number of ether oxygens (including phenoxy) is 2. The van der Waals surface area contributed by atoms with E-state index in [1.165, 1.54) is 135 Å². The van der Waals surface area contributed by atoms with Crippen molar-refractivity contribution in [3.05, 3.63) is 24.3 Å². The van der Waals surface area contributed by atoms with E-state index in [2.05, 4.69) is 43.5 Å². The minimum Gasteiger partial charge on any atom is -0.394 e. The largest absolute Gasteiger partial charge is 0.394 e. The first kappa shape index (κ1) is 57.6. The highest BCUT2D eigenvalue weighted by Crippen LogP contribution is 2.23. The van der Waals surface area contributed by atoms with Gasteiger partial charge in [0.15, 0.2) is 6.29 Å². The van der Waals surface area contributed by atoms with Gasteiger partial charge < -0.3 is 50.5 Å². The zero-order chi connectivity index (χ0) is 44.8. The lowest BCUT2D eigenvalue weighted by Crippen LogP contribution is -2.60. The Labute approximate surface area is 372 Å². The number of hydrogen-bond acceptors (Lipinski definition) is 10. The Morgan fingerprint density at radius 3 is 1.46 bits per heavy atom. The van der Waals surface area contributed by atoms with E-state index >= 15 is 0 Å². The molecule has 1 aliphatic heterocycles. The predicted octanol–water partition coefficient (Wildman–Crippen LogP) is 9.01. The van der Waals surface area contributed by atoms with Gasteiger partial charge in [0.05, 0.1) is 25.4 Å². The van der Waals surface area contributed by atoms with E-state index in [0.29, 0.717) is 19.3 Å². The lowest BCUT2D eigenvalue weighted by Gasteiger charge is -2.40. The number of nitrogens with one attached hydrogen (secondary N) is 1. The highest BCUT2D eigenvalue weighted by molar-refractivity contribution is 5.80. The summed E-state index contributed by atoms with van der Waals surface area (Å²) in [5, 5.41) is 75.8. The van der Waals surface area contributed by atoms with E-state index in [1.54, 1.807) is 0 Å². The quantitative estimate of drug-likeness (QED) is 0.0217. The molecule has 61 heavy (non-hydrogen) atoms. The fraction of sp³-hybridized carbons (Fsp3) is 0.900. The van der Waals surface area contributed by atoms with Crippen molar-refractivity contribution in [2.75, 3.05) is 13.2 Å². The minimum absolute atomic E-state index is 0.248. The third kappa shape index (κ3) is 29.6. The summed E-state index contributed by atoms with van der Waals surface area (Å²) < 4.78 is 11.1. The molecule has 9 atom stereocenters. The van der Waals surface area contributed by atoms with E-state index in [-0.39, 0.29) is 12.8 Å². The van der Waals surface area contributed by atoms with E-state index < -0.39 is 74.2 Å². The van der Waals surface area contributed by atoms with Gasteiger partial charge in [0.1, 0.15) is 36.6 Å².